The molecule has 0 unspecified atom stereocenters. The van der Waals surface area contributed by atoms with Crippen molar-refractivity contribution in [2.24, 2.45) is 0 Å². The van der Waals surface area contributed by atoms with E-state index in [1.54, 1.807) is 11.0 Å². The molecule has 2 aromatic carbocycles. The first-order chi connectivity index (χ1) is 14.1. The summed E-state index contributed by atoms with van der Waals surface area (Å²) in [5.74, 6) is -4.06. The highest BCUT2D eigenvalue weighted by atomic mass is 32.2. The third kappa shape index (κ3) is 4.13. The lowest BCUT2D eigenvalue weighted by atomic mass is 10.2. The number of halogens is 3. The first kappa shape index (κ1) is 21.7. The van der Waals surface area contributed by atoms with Gasteiger partial charge in [-0.15, -0.1) is 0 Å². The first-order valence-corrected chi connectivity index (χ1v) is 10.3. The van der Waals surface area contributed by atoms with Crippen molar-refractivity contribution < 1.29 is 31.2 Å². The molecule has 1 aliphatic heterocycles. The van der Waals surface area contributed by atoms with Crippen LogP contribution in [0.15, 0.2) is 41.3 Å². The molecule has 8 nitrogen and oxygen atoms in total. The Kier molecular flexibility index (Phi) is 6.06. The Morgan fingerprint density at radius 2 is 1.70 bits per heavy atom. The maximum atomic E-state index is 13.9. The largest absolute Gasteiger partial charge is 0.494 e. The molecule has 162 valence electrons. The number of benzene rings is 2. The number of nitro groups is 1. The molecule has 0 saturated carbocycles. The number of methoxy groups -OCH3 is 1. The zero-order valence-corrected chi connectivity index (χ0v) is 16.6. The lowest BCUT2D eigenvalue weighted by Gasteiger charge is -2.37. The molecule has 0 spiro atoms. The Balaban J connectivity index is 1.81. The van der Waals surface area contributed by atoms with Crippen molar-refractivity contribution >= 4 is 26.9 Å². The van der Waals surface area contributed by atoms with Gasteiger partial charge in [0.2, 0.25) is 9.84 Å². The quantitative estimate of drug-likeness (QED) is 0.498. The van der Waals surface area contributed by atoms with E-state index in [9.17, 15) is 31.7 Å². The van der Waals surface area contributed by atoms with Gasteiger partial charge in [-0.25, -0.2) is 12.8 Å². The van der Waals surface area contributed by atoms with E-state index in [-0.39, 0.29) is 11.4 Å². The van der Waals surface area contributed by atoms with Gasteiger partial charge in [0, 0.05) is 44.0 Å². The van der Waals surface area contributed by atoms with E-state index in [4.69, 9.17) is 4.74 Å². The van der Waals surface area contributed by atoms with Crippen LogP contribution in [-0.4, -0.2) is 52.4 Å². The molecule has 12 heteroatoms. The number of hydrogen-bond donors (Lipinski definition) is 0. The molecular formula is C18H18F3N3O5S. The Hall–Kier alpha value is -3.02. The van der Waals surface area contributed by atoms with E-state index in [0.29, 0.717) is 37.9 Å². The van der Waals surface area contributed by atoms with Gasteiger partial charge in [-0.1, -0.05) is 0 Å². The molecule has 3 rings (SSSR count). The minimum Gasteiger partial charge on any atom is -0.494 e. The summed E-state index contributed by atoms with van der Waals surface area (Å²) in [6.45, 7) is 1.49. The number of nitrogens with zero attached hydrogens (tertiary/aromatic N) is 3. The highest BCUT2D eigenvalue weighted by molar-refractivity contribution is 7.91. The van der Waals surface area contributed by atoms with Crippen LogP contribution in [0.5, 0.6) is 5.75 Å². The van der Waals surface area contributed by atoms with Crippen LogP contribution in [-0.2, 0) is 9.84 Å². The molecule has 0 bridgehead atoms. The molecule has 0 N–H and O–H groups in total. The van der Waals surface area contributed by atoms with Crippen LogP contribution in [0.1, 0.15) is 0 Å². The molecule has 0 radical (unpaired) electrons. The van der Waals surface area contributed by atoms with Gasteiger partial charge in [-0.3, -0.25) is 10.1 Å². The number of hydrogen-bond acceptors (Lipinski definition) is 7. The second kappa shape index (κ2) is 8.38. The van der Waals surface area contributed by atoms with Crippen molar-refractivity contribution in [1.82, 2.24) is 0 Å². The first-order valence-electron chi connectivity index (χ1n) is 8.79. The highest BCUT2D eigenvalue weighted by Gasteiger charge is 2.31. The summed E-state index contributed by atoms with van der Waals surface area (Å²) in [4.78, 5) is 13.4. The fraction of sp³-hybridized carbons (Fsp3) is 0.333. The molecule has 1 saturated heterocycles. The average Bonchev–Trinajstić information content (AvgIpc) is 2.73. The van der Waals surface area contributed by atoms with Gasteiger partial charge in [-0.05, 0) is 24.3 Å². The molecule has 0 aliphatic carbocycles. The predicted octanol–water partition coefficient (Wildman–Crippen LogP) is 3.07. The summed E-state index contributed by atoms with van der Waals surface area (Å²) in [6, 6.07) is 7.29. The van der Waals surface area contributed by atoms with Gasteiger partial charge in [0.15, 0.2) is 11.6 Å². The number of sulfone groups is 1. The van der Waals surface area contributed by atoms with Gasteiger partial charge in [0.25, 0.3) is 5.69 Å². The zero-order chi connectivity index (χ0) is 22.1. The van der Waals surface area contributed by atoms with E-state index >= 15 is 0 Å². The lowest BCUT2D eigenvalue weighted by molar-refractivity contribution is -0.384. The molecular weight excluding hydrogens is 427 g/mol. The molecule has 1 heterocycles. The van der Waals surface area contributed by atoms with Crippen molar-refractivity contribution in [2.75, 3.05) is 43.1 Å². The molecule has 0 atom stereocenters. The third-order valence-electron chi connectivity index (χ3n) is 4.83. The summed E-state index contributed by atoms with van der Waals surface area (Å²) in [6.07, 6.45) is 0. The maximum absolute atomic E-state index is 13.9. The van der Waals surface area contributed by atoms with E-state index in [0.717, 1.165) is 12.1 Å². The fourth-order valence-electron chi connectivity index (χ4n) is 3.25. The average molecular weight is 445 g/mol. The minimum atomic E-state index is -4.95. The maximum Gasteiger partial charge on any atom is 0.341 e. The molecule has 0 aromatic heterocycles. The Labute approximate surface area is 170 Å². The summed E-state index contributed by atoms with van der Waals surface area (Å²) < 4.78 is 67.6. The lowest BCUT2D eigenvalue weighted by Crippen LogP contribution is -2.46. The highest BCUT2D eigenvalue weighted by Crippen LogP contribution is 2.33. The number of ether oxygens (including phenoxy) is 1. The van der Waals surface area contributed by atoms with Crippen molar-refractivity contribution in [1.29, 1.82) is 0 Å². The smallest absolute Gasteiger partial charge is 0.341 e. The molecule has 2 aromatic rings. The molecule has 30 heavy (non-hydrogen) atoms. The summed E-state index contributed by atoms with van der Waals surface area (Å²) in [7, 11) is -3.58. The van der Waals surface area contributed by atoms with Gasteiger partial charge in [0.1, 0.15) is 5.69 Å². The van der Waals surface area contributed by atoms with Crippen molar-refractivity contribution in [3.05, 3.63) is 52.3 Å². The third-order valence-corrected chi connectivity index (χ3v) is 6.21. The van der Waals surface area contributed by atoms with Crippen LogP contribution in [0.3, 0.4) is 0 Å². The normalized spacial score (nSPS) is 14.8. The standard InChI is InChI=1S/C18H18F3N3O5S/c1-29-17-5-2-12(10-14(17)19)22-6-8-23(9-7-22)15-4-3-13(11-16(15)24(25)26)30(27,28)18(20)21/h2-5,10-11,18H,6-9H2,1H3. The van der Waals surface area contributed by atoms with Crippen LogP contribution < -0.4 is 14.5 Å². The van der Waals surface area contributed by atoms with Crippen LogP contribution in [0.25, 0.3) is 0 Å². The van der Waals surface area contributed by atoms with E-state index < -0.39 is 36.9 Å². The second-order valence-corrected chi connectivity index (χ2v) is 8.42. The Morgan fingerprint density at radius 3 is 2.23 bits per heavy atom. The number of anilines is 2. The van der Waals surface area contributed by atoms with Crippen LogP contribution in [0.2, 0.25) is 0 Å². The van der Waals surface area contributed by atoms with Crippen LogP contribution in [0.4, 0.5) is 30.2 Å². The van der Waals surface area contributed by atoms with Crippen molar-refractivity contribution in [3.63, 3.8) is 0 Å². The van der Waals surface area contributed by atoms with E-state index in [1.807, 2.05) is 4.90 Å². The topological polar surface area (TPSA) is 93.0 Å². The number of piperazine rings is 1. The van der Waals surface area contributed by atoms with Gasteiger partial charge in [-0.2, -0.15) is 8.78 Å². The number of rotatable bonds is 6. The summed E-state index contributed by atoms with van der Waals surface area (Å²) in [5.41, 5.74) is 0.190. The van der Waals surface area contributed by atoms with Crippen molar-refractivity contribution in [2.45, 2.75) is 10.7 Å². The summed E-state index contributed by atoms with van der Waals surface area (Å²) in [5, 5.41) is 11.4. The van der Waals surface area contributed by atoms with Gasteiger partial charge >= 0.3 is 5.76 Å². The predicted molar refractivity (Wildman–Crippen MR) is 104 cm³/mol. The molecule has 1 fully saturated rings. The SMILES string of the molecule is COc1ccc(N2CCN(c3ccc(S(=O)(=O)C(F)F)cc3[N+](=O)[O-])CC2)cc1F. The zero-order valence-electron chi connectivity index (χ0n) is 15.8. The monoisotopic (exact) mass is 445 g/mol. The number of nitro benzene ring substituents is 1. The minimum absolute atomic E-state index is 0.117. The molecule has 1 aliphatic rings. The van der Waals surface area contributed by atoms with Gasteiger partial charge in [0.05, 0.1) is 16.9 Å². The fourth-order valence-corrected chi connectivity index (χ4v) is 3.99. The Bertz CT molecular complexity index is 1060. The van der Waals surface area contributed by atoms with Crippen LogP contribution in [0, 0.1) is 15.9 Å². The van der Waals surface area contributed by atoms with Gasteiger partial charge < -0.3 is 14.5 Å². The van der Waals surface area contributed by atoms with Crippen molar-refractivity contribution in [3.8, 4) is 5.75 Å². The van der Waals surface area contributed by atoms with E-state index in [2.05, 4.69) is 0 Å². The number of alkyl halides is 2. The second-order valence-electron chi connectivity index (χ2n) is 6.51. The summed E-state index contributed by atoms with van der Waals surface area (Å²) >= 11 is 0. The molecule has 0 amide bonds. The van der Waals surface area contributed by atoms with E-state index in [1.165, 1.54) is 19.2 Å². The van der Waals surface area contributed by atoms with Crippen LogP contribution >= 0.6 is 0 Å². The Morgan fingerprint density at radius 1 is 1.07 bits per heavy atom.